The first kappa shape index (κ1) is 28.0. The Kier molecular flexibility index (Phi) is 6.04. The van der Waals surface area contributed by atoms with Crippen LogP contribution in [0.1, 0.15) is 43.2 Å². The van der Waals surface area contributed by atoms with Gasteiger partial charge in [0.25, 0.3) is 0 Å². The van der Waals surface area contributed by atoms with Gasteiger partial charge in [0.2, 0.25) is 0 Å². The lowest BCUT2D eigenvalue weighted by molar-refractivity contribution is -0.0452. The SMILES string of the molecule is c1ccc(N(c2cccc(-c3cccc4c3sc3ccccc34)c2)c2ccc3c(c2)C2(c4ccccc4O3)C3CC4CC(C3)CC2C4)cc1. The number of fused-ring (bicyclic) bond motifs is 5. The Hall–Kier alpha value is -4.86. The van der Waals surface area contributed by atoms with Gasteiger partial charge >= 0.3 is 0 Å². The first-order valence-electron chi connectivity index (χ1n) is 18.0. The third kappa shape index (κ3) is 4.06. The van der Waals surface area contributed by atoms with Crippen LogP contribution in [0, 0.1) is 23.7 Å². The lowest BCUT2D eigenvalue weighted by Crippen LogP contribution is -2.57. The van der Waals surface area contributed by atoms with Gasteiger partial charge in [0.1, 0.15) is 11.5 Å². The van der Waals surface area contributed by atoms with E-state index in [0.717, 1.165) is 34.7 Å². The van der Waals surface area contributed by atoms with Crippen molar-refractivity contribution < 1.29 is 4.74 Å². The fraction of sp³-hybridized carbons (Fsp3) is 0.217. The lowest BCUT2D eigenvalue weighted by atomic mass is 9.42. The minimum Gasteiger partial charge on any atom is -0.457 e. The summed E-state index contributed by atoms with van der Waals surface area (Å²) in [4.78, 5) is 2.46. The number of hydrogen-bond acceptors (Lipinski definition) is 3. The average molecular weight is 652 g/mol. The van der Waals surface area contributed by atoms with Crippen molar-refractivity contribution in [1.29, 1.82) is 0 Å². The average Bonchev–Trinajstić information content (AvgIpc) is 3.53. The lowest BCUT2D eigenvalue weighted by Gasteiger charge is -2.63. The molecular formula is C46H37NOS. The van der Waals surface area contributed by atoms with Crippen LogP contribution in [0.25, 0.3) is 31.3 Å². The Labute approximate surface area is 291 Å². The molecule has 0 amide bonds. The third-order valence-corrected chi connectivity index (χ3v) is 13.7. The van der Waals surface area contributed by atoms with E-state index in [9.17, 15) is 0 Å². The standard InChI is InChI=1S/C46H37NOS/c1-2-11-34(12-3-1)47(35-13-8-10-31(27-35)37-15-9-16-39-38-14-4-7-19-44(38)49-45(37)39)36-20-21-43-41(28-36)46(40-17-5-6-18-42(40)48-43)32-23-29-22-30(25-32)26-33(46)24-29/h1-21,27-30,32-33H,22-26H2. The molecule has 4 fully saturated rings. The molecule has 0 atom stereocenters. The van der Waals surface area contributed by atoms with Gasteiger partial charge in [-0.25, -0.2) is 0 Å². The van der Waals surface area contributed by atoms with Gasteiger partial charge in [-0.2, -0.15) is 0 Å². The topological polar surface area (TPSA) is 12.5 Å². The molecule has 0 radical (unpaired) electrons. The van der Waals surface area contributed by atoms with Crippen LogP contribution in [-0.4, -0.2) is 0 Å². The number of anilines is 3. The van der Waals surface area contributed by atoms with Gasteiger partial charge < -0.3 is 9.64 Å². The van der Waals surface area contributed by atoms with Crippen LogP contribution >= 0.6 is 11.3 Å². The number of hydrogen-bond donors (Lipinski definition) is 0. The van der Waals surface area contributed by atoms with E-state index in [4.69, 9.17) is 4.74 Å². The highest BCUT2D eigenvalue weighted by atomic mass is 32.1. The van der Waals surface area contributed by atoms with Crippen molar-refractivity contribution in [2.45, 2.75) is 37.5 Å². The van der Waals surface area contributed by atoms with Gasteiger partial charge in [0.05, 0.1) is 0 Å². The maximum absolute atomic E-state index is 6.78. The molecule has 1 spiro atoms. The monoisotopic (exact) mass is 651 g/mol. The molecule has 0 unspecified atom stereocenters. The summed E-state index contributed by atoms with van der Waals surface area (Å²) in [5.41, 5.74) is 8.89. The van der Waals surface area contributed by atoms with Crippen molar-refractivity contribution >= 4 is 48.6 Å². The largest absolute Gasteiger partial charge is 0.457 e. The minimum atomic E-state index is 0.00857. The van der Waals surface area contributed by atoms with E-state index in [1.165, 1.54) is 80.2 Å². The Morgan fingerprint density at radius 3 is 2.06 bits per heavy atom. The maximum atomic E-state index is 6.78. The summed E-state index contributed by atoms with van der Waals surface area (Å²) in [5, 5.41) is 2.67. The molecule has 4 saturated carbocycles. The first-order valence-corrected chi connectivity index (χ1v) is 18.8. The van der Waals surface area contributed by atoms with Gasteiger partial charge in [-0.15, -0.1) is 11.3 Å². The van der Waals surface area contributed by atoms with Gasteiger partial charge in [0.15, 0.2) is 0 Å². The molecule has 2 nitrogen and oxygen atoms in total. The zero-order valence-electron chi connectivity index (χ0n) is 27.4. The molecule has 238 valence electrons. The predicted molar refractivity (Wildman–Crippen MR) is 204 cm³/mol. The Bertz CT molecular complexity index is 2380. The van der Waals surface area contributed by atoms with E-state index >= 15 is 0 Å². The van der Waals surface area contributed by atoms with E-state index in [1.807, 2.05) is 11.3 Å². The Balaban J connectivity index is 1.09. The van der Waals surface area contributed by atoms with E-state index in [0.29, 0.717) is 11.8 Å². The van der Waals surface area contributed by atoms with Crippen molar-refractivity contribution in [3.05, 3.63) is 151 Å². The third-order valence-electron chi connectivity index (χ3n) is 12.5. The zero-order valence-corrected chi connectivity index (χ0v) is 28.2. The van der Waals surface area contributed by atoms with Crippen LogP contribution in [0.5, 0.6) is 11.5 Å². The summed E-state index contributed by atoms with van der Waals surface area (Å²) in [6.07, 6.45) is 6.83. The number of para-hydroxylation sites is 2. The summed E-state index contributed by atoms with van der Waals surface area (Å²) < 4.78 is 9.46. The minimum absolute atomic E-state index is 0.00857. The smallest absolute Gasteiger partial charge is 0.131 e. The second kappa shape index (κ2) is 10.6. The highest BCUT2D eigenvalue weighted by Crippen LogP contribution is 2.69. The molecule has 6 aromatic carbocycles. The van der Waals surface area contributed by atoms with Gasteiger partial charge in [-0.3, -0.25) is 0 Å². The van der Waals surface area contributed by atoms with Crippen LogP contribution in [0.3, 0.4) is 0 Å². The van der Waals surface area contributed by atoms with Gasteiger partial charge in [-0.1, -0.05) is 84.9 Å². The second-order valence-corrected chi connectivity index (χ2v) is 16.0. The number of nitrogens with zero attached hydrogens (tertiary/aromatic N) is 1. The Morgan fingerprint density at radius 1 is 0.531 bits per heavy atom. The summed E-state index contributed by atoms with van der Waals surface area (Å²) >= 11 is 1.90. The molecule has 3 heteroatoms. The first-order chi connectivity index (χ1) is 24.2. The van der Waals surface area contributed by atoms with Crippen LogP contribution in [0.15, 0.2) is 140 Å². The fourth-order valence-electron chi connectivity index (χ4n) is 10.8. The van der Waals surface area contributed by atoms with Crippen LogP contribution in [0.4, 0.5) is 17.1 Å². The molecule has 0 N–H and O–H groups in total. The summed E-state index contributed by atoms with van der Waals surface area (Å²) in [7, 11) is 0. The fourth-order valence-corrected chi connectivity index (χ4v) is 12.1. The van der Waals surface area contributed by atoms with Gasteiger partial charge in [-0.05, 0) is 121 Å². The molecule has 1 aliphatic heterocycles. The summed E-state index contributed by atoms with van der Waals surface area (Å²) in [6.45, 7) is 0. The highest BCUT2D eigenvalue weighted by molar-refractivity contribution is 7.26. The van der Waals surface area contributed by atoms with Crippen LogP contribution < -0.4 is 9.64 Å². The van der Waals surface area contributed by atoms with Crippen molar-refractivity contribution in [2.75, 3.05) is 4.90 Å². The molecule has 0 saturated heterocycles. The molecule has 12 rings (SSSR count). The Morgan fingerprint density at radius 2 is 1.20 bits per heavy atom. The normalized spacial score (nSPS) is 24.6. The molecular weight excluding hydrogens is 615 g/mol. The number of benzene rings is 6. The summed E-state index contributed by atoms with van der Waals surface area (Å²) in [6, 6.07) is 51.6. The summed E-state index contributed by atoms with van der Waals surface area (Å²) in [5.74, 6) is 5.23. The number of ether oxygens (including phenoxy) is 1. The van der Waals surface area contributed by atoms with Crippen molar-refractivity contribution in [1.82, 2.24) is 0 Å². The maximum Gasteiger partial charge on any atom is 0.131 e. The predicted octanol–water partition coefficient (Wildman–Crippen LogP) is 13.0. The highest BCUT2D eigenvalue weighted by Gasteiger charge is 2.61. The quantitative estimate of drug-likeness (QED) is 0.188. The van der Waals surface area contributed by atoms with Crippen LogP contribution in [-0.2, 0) is 5.41 Å². The molecule has 4 bridgehead atoms. The molecule has 2 heterocycles. The van der Waals surface area contributed by atoms with Crippen LogP contribution in [0.2, 0.25) is 0 Å². The van der Waals surface area contributed by atoms with E-state index in [-0.39, 0.29) is 5.41 Å². The van der Waals surface area contributed by atoms with E-state index in [1.54, 1.807) is 0 Å². The van der Waals surface area contributed by atoms with Crippen molar-refractivity contribution in [3.63, 3.8) is 0 Å². The zero-order chi connectivity index (χ0) is 32.1. The van der Waals surface area contributed by atoms with Crippen molar-refractivity contribution in [3.8, 4) is 22.6 Å². The molecule has 5 aliphatic rings. The second-order valence-electron chi connectivity index (χ2n) is 15.0. The number of thiophene rings is 1. The molecule has 1 aromatic heterocycles. The molecule has 49 heavy (non-hydrogen) atoms. The van der Waals surface area contributed by atoms with E-state index in [2.05, 4.69) is 144 Å². The number of rotatable bonds is 4. The molecule has 7 aromatic rings. The van der Waals surface area contributed by atoms with Gasteiger partial charge in [0, 0.05) is 53.8 Å². The van der Waals surface area contributed by atoms with E-state index < -0.39 is 0 Å². The molecule has 4 aliphatic carbocycles. The van der Waals surface area contributed by atoms with Crippen molar-refractivity contribution in [2.24, 2.45) is 23.7 Å².